The maximum absolute atomic E-state index is 13.1. The topological polar surface area (TPSA) is 475 Å². The van der Waals surface area contributed by atoms with Gasteiger partial charge in [0, 0.05) is 95.1 Å². The van der Waals surface area contributed by atoms with Crippen LogP contribution in [0.4, 0.5) is 28.8 Å². The molecular weight excluding hydrogens is 1510 g/mol. The molecule has 0 atom stereocenters. The predicted molar refractivity (Wildman–Crippen MR) is 370 cm³/mol. The number of nitrogens with zero attached hydrogens (tertiary/aromatic N) is 15. The van der Waals surface area contributed by atoms with Gasteiger partial charge in [-0.2, -0.15) is 21.0 Å². The van der Waals surface area contributed by atoms with E-state index >= 15 is 0 Å². The fourth-order valence-corrected chi connectivity index (χ4v) is 14.1. The number of primary amides is 1. The molecule has 14 rings (SSSR count). The number of carbonyl (C=O) groups is 5. The minimum atomic E-state index is -0.871. The molecule has 10 N–H and O–H groups in total. The van der Waals surface area contributed by atoms with Gasteiger partial charge in [-0.15, -0.1) is 0 Å². The summed E-state index contributed by atoms with van der Waals surface area (Å²) in [7, 11) is 0. The summed E-state index contributed by atoms with van der Waals surface area (Å²) in [6.07, 6.45) is 19.9. The molecule has 2 saturated heterocycles. The Balaban J connectivity index is 0.000000148. The van der Waals surface area contributed by atoms with Crippen molar-refractivity contribution in [2.24, 2.45) is 17.6 Å². The molecule has 0 aromatic carbocycles. The number of likely N-dealkylation sites (tertiary alicyclic amines) is 2. The van der Waals surface area contributed by atoms with Crippen molar-refractivity contribution in [3.63, 3.8) is 0 Å². The number of fused-ring (bicyclic) bond motifs is 6. The van der Waals surface area contributed by atoms with Crippen molar-refractivity contribution in [2.75, 3.05) is 42.5 Å². The number of H-pyrrole nitrogens is 1. The summed E-state index contributed by atoms with van der Waals surface area (Å²) in [5.41, 5.74) is 7.10. The van der Waals surface area contributed by atoms with Crippen molar-refractivity contribution in [3.05, 3.63) is 173 Å². The number of piperidine rings is 2. The number of aromatic amines is 1. The lowest BCUT2D eigenvalue weighted by atomic mass is 9.82. The highest BCUT2D eigenvalue weighted by atomic mass is 79.9. The Morgan fingerprint density at radius 2 is 0.930 bits per heavy atom. The number of aromatic nitrogens is 10. The number of ketones is 1. The van der Waals surface area contributed by atoms with Crippen LogP contribution in [0.25, 0.3) is 0 Å². The summed E-state index contributed by atoms with van der Waals surface area (Å²) in [5, 5.41) is 50.8. The second kappa shape index (κ2) is 32.1. The van der Waals surface area contributed by atoms with Crippen LogP contribution >= 0.6 is 78.3 Å². The molecule has 7 aromatic heterocycles. The Morgan fingerprint density at radius 3 is 1.30 bits per heavy atom. The van der Waals surface area contributed by atoms with E-state index in [1.807, 2.05) is 0 Å². The molecule has 0 unspecified atom stereocenters. The van der Waals surface area contributed by atoms with E-state index in [9.17, 15) is 43.2 Å². The molecule has 516 valence electrons. The molecule has 2 aliphatic carbocycles. The fraction of sp³-hybridized carbons (Fsp3) is 0.339. The molecule has 3 spiro atoms. The first-order valence-electron chi connectivity index (χ1n) is 30.4. The number of carbonyl (C=O) groups excluding carboxylic acids is 5. The van der Waals surface area contributed by atoms with E-state index in [0.717, 1.165) is 12.8 Å². The number of halogens is 6. The molecule has 38 heteroatoms. The lowest BCUT2D eigenvalue weighted by molar-refractivity contribution is -0.120. The largest absolute Gasteiger partial charge is 0.384 e. The zero-order valence-electron chi connectivity index (χ0n) is 52.3. The third-order valence-electron chi connectivity index (χ3n) is 17.1. The number of anilines is 5. The second-order valence-electron chi connectivity index (χ2n) is 23.2. The Bertz CT molecular complexity index is 4580. The molecule has 100 heavy (non-hydrogen) atoms. The van der Waals surface area contributed by atoms with Gasteiger partial charge in [-0.05, 0) is 113 Å². The lowest BCUT2D eigenvalue weighted by Gasteiger charge is -2.38. The van der Waals surface area contributed by atoms with Crippen LogP contribution in [0.2, 0.25) is 20.1 Å². The van der Waals surface area contributed by atoms with Crippen LogP contribution in [0, 0.1) is 57.4 Å². The van der Waals surface area contributed by atoms with Crippen molar-refractivity contribution in [1.29, 1.82) is 21.0 Å². The van der Waals surface area contributed by atoms with Crippen LogP contribution in [-0.2, 0) is 21.8 Å². The normalized spacial score (nSPS) is 18.4. The minimum Gasteiger partial charge on any atom is -0.384 e. The van der Waals surface area contributed by atoms with Crippen molar-refractivity contribution in [3.8, 4) is 24.5 Å². The summed E-state index contributed by atoms with van der Waals surface area (Å²) in [6.45, 7) is 1.88. The Hall–Kier alpha value is -10.3. The number of hydrogen-bond donors (Lipinski definition) is 8. The Labute approximate surface area is 603 Å². The standard InChI is InChI=1S/C17H15ClN6O2.C16H14ClN7O2.C12H10BrClN4O2.C7H9NO.C6H4BrClN2O2.C4H5N3/c18-11-7-12(22-13-3-6-20-9-21-13)16(26)24-14(11)15(25)23-17(24)4-1-10(8-19)2-5-17;17-10-7-11(21-12-1-4-19-9-20-12)15(26)24-13(10)14(25)22-16(24)2-5-23(8-18)6-3-16;13-7-5-8(14)9-10(19)16-12(18(9)11(7)20)1-3-17(6-15)4-2-12;8-5-6-1-3-7(9)4-2-6;7-2-1-3(8)4(5(9)11)10-6(2)12;5-4-1-2-6-3-7-4/h3,6-7,9-10H,1-2,4-5H2,(H,23,25)(H,20,21,22);1,4,7,9H,2-3,5-6H2,(H,22,25)(H,19,20,21);5H,1-4H2,(H,16,19);6H,1-4H2;1H,(H2,9,11)(H,10,12);1-3H,(H2,5,6,7). The fourth-order valence-electron chi connectivity index (χ4n) is 12.0. The maximum atomic E-state index is 13.1. The first-order chi connectivity index (χ1) is 47.8. The van der Waals surface area contributed by atoms with Gasteiger partial charge in [-0.25, -0.2) is 29.9 Å². The molecule has 32 nitrogen and oxygen atoms in total. The van der Waals surface area contributed by atoms with Crippen LogP contribution < -0.4 is 60.3 Å². The van der Waals surface area contributed by atoms with Gasteiger partial charge in [0.1, 0.15) is 93.4 Å². The number of Topliss-reactive ketones (excluding diaryl/α,β-unsaturated/α-hetero) is 1. The second-order valence-corrected chi connectivity index (χ2v) is 26.5. The van der Waals surface area contributed by atoms with Crippen LogP contribution in [0.1, 0.15) is 119 Å². The molecule has 2 saturated carbocycles. The van der Waals surface area contributed by atoms with Crippen LogP contribution in [0.5, 0.6) is 0 Å². The van der Waals surface area contributed by atoms with Crippen molar-refractivity contribution in [1.82, 2.24) is 74.3 Å². The van der Waals surface area contributed by atoms with E-state index in [-0.39, 0.29) is 105 Å². The molecule has 0 radical (unpaired) electrons. The van der Waals surface area contributed by atoms with Crippen LogP contribution in [0.3, 0.4) is 0 Å². The van der Waals surface area contributed by atoms with Gasteiger partial charge in [0.05, 0.1) is 41.2 Å². The summed E-state index contributed by atoms with van der Waals surface area (Å²) in [6, 6.07) is 15.0. The van der Waals surface area contributed by atoms with Crippen molar-refractivity contribution >= 4 is 137 Å². The highest BCUT2D eigenvalue weighted by Crippen LogP contribution is 2.42. The molecule has 4 amide bonds. The van der Waals surface area contributed by atoms with Crippen molar-refractivity contribution < 1.29 is 24.0 Å². The minimum absolute atomic E-state index is 0.0601. The summed E-state index contributed by atoms with van der Waals surface area (Å²) in [5.74, 6) is -0.0290. The van der Waals surface area contributed by atoms with Gasteiger partial charge in [-0.3, -0.25) is 56.9 Å². The van der Waals surface area contributed by atoms with Crippen molar-refractivity contribution in [2.45, 2.75) is 94.0 Å². The first-order valence-corrected chi connectivity index (χ1v) is 33.5. The van der Waals surface area contributed by atoms with E-state index in [1.54, 1.807) is 46.6 Å². The number of amides is 4. The SMILES string of the molecule is N#CC1CCC(=O)CC1.N#CC1CCC2(CC1)NC(=O)c1c(Cl)cc(Nc3ccncn3)c(=O)n12.N#CN1CCC2(CC1)NC(=O)c1c(Cl)cc(Br)c(=O)n12.N#CN1CCC2(CC1)NC(=O)c1c(Cl)cc(Nc3ccncn3)c(=O)n12.NC(=O)c1[nH]c(=O)c(Br)cc1Cl.Nc1ccncn1. The molecule has 7 aliphatic rings. The quantitative estimate of drug-likeness (QED) is 0.0840. The molecular formula is C62H57Br2Cl4N23O9. The van der Waals surface area contributed by atoms with E-state index in [1.165, 1.54) is 56.9 Å². The molecule has 12 heterocycles. The third-order valence-corrected chi connectivity index (χ3v) is 19.4. The smallest absolute Gasteiger partial charge is 0.276 e. The number of nitrogen functional groups attached to an aromatic ring is 1. The number of hydrogen-bond acceptors (Lipinski definition) is 24. The zero-order chi connectivity index (χ0) is 72.2. The average Bonchev–Trinajstić information content (AvgIpc) is 1.58. The number of rotatable bonds is 5. The predicted octanol–water partition coefficient (Wildman–Crippen LogP) is 6.61. The van der Waals surface area contributed by atoms with Gasteiger partial charge in [0.15, 0.2) is 12.4 Å². The van der Waals surface area contributed by atoms with Gasteiger partial charge < -0.3 is 52.8 Å². The van der Waals surface area contributed by atoms with Gasteiger partial charge in [-0.1, -0.05) is 46.4 Å². The molecule has 5 aliphatic heterocycles. The van der Waals surface area contributed by atoms with Gasteiger partial charge in [0.25, 0.3) is 45.9 Å². The first kappa shape index (κ1) is 73.9. The Morgan fingerprint density at radius 1 is 0.540 bits per heavy atom. The summed E-state index contributed by atoms with van der Waals surface area (Å²) in [4.78, 5) is 136. The van der Waals surface area contributed by atoms with Crippen LogP contribution in [-0.4, -0.2) is 114 Å². The Kier molecular flexibility index (Phi) is 23.7. The summed E-state index contributed by atoms with van der Waals surface area (Å²) < 4.78 is 4.91. The van der Waals surface area contributed by atoms with Gasteiger partial charge >= 0.3 is 0 Å². The lowest BCUT2D eigenvalue weighted by Crippen LogP contribution is -2.53. The number of nitriles is 4. The third kappa shape index (κ3) is 16.4. The number of nitrogens with one attached hydrogen (secondary N) is 6. The summed E-state index contributed by atoms with van der Waals surface area (Å²) >= 11 is 30.4. The van der Waals surface area contributed by atoms with E-state index < -0.39 is 28.5 Å². The number of pyridine rings is 4. The molecule has 0 bridgehead atoms. The maximum Gasteiger partial charge on any atom is 0.276 e. The van der Waals surface area contributed by atoms with E-state index in [0.29, 0.717) is 118 Å². The zero-order valence-corrected chi connectivity index (χ0v) is 58.5. The number of nitrogens with two attached hydrogens (primary N) is 2. The monoisotopic (exact) mass is 1570 g/mol. The van der Waals surface area contributed by atoms with Crippen LogP contribution in [0.15, 0.2) is 108 Å². The van der Waals surface area contributed by atoms with Gasteiger partial charge in [0.2, 0.25) is 0 Å². The molecule has 4 fully saturated rings. The van der Waals surface area contributed by atoms with E-state index in [4.69, 9.17) is 78.9 Å². The molecule has 7 aromatic rings. The highest BCUT2D eigenvalue weighted by molar-refractivity contribution is 9.10. The highest BCUT2D eigenvalue weighted by Gasteiger charge is 2.50. The van der Waals surface area contributed by atoms with E-state index in [2.05, 4.69) is 118 Å². The average molecular weight is 1570 g/mol.